The van der Waals surface area contributed by atoms with Crippen LogP contribution >= 0.6 is 0 Å². The molecule has 92 valence electrons. The number of hydrogen-bond donors (Lipinski definition) is 1. The number of hydrogen-bond acceptors (Lipinski definition) is 3. The summed E-state index contributed by atoms with van der Waals surface area (Å²) in [7, 11) is 1.65. The topological polar surface area (TPSA) is 54.4 Å². The van der Waals surface area contributed by atoms with Crippen LogP contribution in [0.4, 0.5) is 0 Å². The number of ether oxygens (including phenoxy) is 1. The summed E-state index contributed by atoms with van der Waals surface area (Å²) in [4.78, 5) is 17.9. The molecule has 0 radical (unpaired) electrons. The summed E-state index contributed by atoms with van der Waals surface area (Å²) in [5, 5.41) is 1.10. The average molecular weight is 242 g/mol. The molecule has 1 saturated carbocycles. The Kier molecular flexibility index (Phi) is 2.46. The molecule has 0 atom stereocenters. The number of fused-ring (bicyclic) bond motifs is 1. The van der Waals surface area contributed by atoms with Gasteiger partial charge in [0.15, 0.2) is 0 Å². The fraction of sp³-hybridized carbons (Fsp3) is 0.357. The Hall–Kier alpha value is -2.06. The van der Waals surface area contributed by atoms with E-state index in [9.17, 15) is 4.79 Å². The van der Waals surface area contributed by atoms with Crippen molar-refractivity contribution in [3.8, 4) is 5.75 Å². The molecule has 4 heteroatoms. The smallest absolute Gasteiger partial charge is 0.235 e. The fourth-order valence-corrected chi connectivity index (χ4v) is 2.65. The van der Waals surface area contributed by atoms with E-state index in [1.807, 2.05) is 24.4 Å². The van der Waals surface area contributed by atoms with Gasteiger partial charge in [-0.15, -0.1) is 0 Å². The largest absolute Gasteiger partial charge is 0.496 e. The number of carbonyl (C=O) groups excluding carboxylic acids is 1. The molecule has 1 aromatic heterocycles. The van der Waals surface area contributed by atoms with E-state index in [0.29, 0.717) is 0 Å². The number of aromatic amines is 1. The lowest BCUT2D eigenvalue weighted by Gasteiger charge is -2.37. The lowest BCUT2D eigenvalue weighted by atomic mass is 9.72. The highest BCUT2D eigenvalue weighted by atomic mass is 16.5. The van der Waals surface area contributed by atoms with Crippen LogP contribution in [-0.2, 0) is 10.3 Å². The summed E-state index contributed by atoms with van der Waals surface area (Å²) >= 11 is 0. The van der Waals surface area contributed by atoms with Gasteiger partial charge in [-0.1, -0.05) is 0 Å². The third-order valence-corrected chi connectivity index (χ3v) is 3.82. The maximum Gasteiger partial charge on any atom is 0.235 e. The summed E-state index contributed by atoms with van der Waals surface area (Å²) < 4.78 is 5.45. The number of aromatic nitrogens is 1. The number of nitrogens with one attached hydrogen (secondary N) is 1. The van der Waals surface area contributed by atoms with Crippen molar-refractivity contribution < 1.29 is 9.53 Å². The SMILES string of the molecule is COc1cc2cc[nH]c2cc1C1(N=C=O)CCC1. The van der Waals surface area contributed by atoms with Crippen LogP contribution in [0.2, 0.25) is 0 Å². The van der Waals surface area contributed by atoms with E-state index >= 15 is 0 Å². The third kappa shape index (κ3) is 1.46. The minimum Gasteiger partial charge on any atom is -0.496 e. The normalized spacial score (nSPS) is 16.9. The van der Waals surface area contributed by atoms with E-state index in [1.165, 1.54) is 0 Å². The zero-order chi connectivity index (χ0) is 12.6. The van der Waals surface area contributed by atoms with Gasteiger partial charge in [-0.25, -0.2) is 4.79 Å². The van der Waals surface area contributed by atoms with Gasteiger partial charge in [0.05, 0.1) is 7.11 Å². The average Bonchev–Trinajstić information content (AvgIpc) is 2.79. The maximum absolute atomic E-state index is 10.7. The highest BCUT2D eigenvalue weighted by Gasteiger charge is 2.41. The van der Waals surface area contributed by atoms with Gasteiger partial charge in [-0.2, -0.15) is 4.99 Å². The molecule has 0 saturated heterocycles. The predicted octanol–water partition coefficient (Wildman–Crippen LogP) is 2.89. The van der Waals surface area contributed by atoms with Crippen LogP contribution in [0.1, 0.15) is 24.8 Å². The van der Waals surface area contributed by atoms with Gasteiger partial charge in [-0.05, 0) is 37.5 Å². The maximum atomic E-state index is 10.7. The van der Waals surface area contributed by atoms with Crippen LogP contribution in [0, 0.1) is 0 Å². The van der Waals surface area contributed by atoms with Crippen LogP contribution in [0.25, 0.3) is 10.9 Å². The van der Waals surface area contributed by atoms with Gasteiger partial charge in [0, 0.05) is 22.7 Å². The molecule has 0 aliphatic heterocycles. The molecule has 1 heterocycles. The van der Waals surface area contributed by atoms with Gasteiger partial charge >= 0.3 is 0 Å². The Morgan fingerprint density at radius 2 is 2.28 bits per heavy atom. The Labute approximate surface area is 105 Å². The quantitative estimate of drug-likeness (QED) is 0.664. The number of benzene rings is 1. The number of aliphatic imine (C=N–C) groups is 1. The number of H-pyrrole nitrogens is 1. The minimum absolute atomic E-state index is 0.424. The van der Waals surface area contributed by atoms with Crippen LogP contribution in [0.5, 0.6) is 5.75 Å². The first-order valence-corrected chi connectivity index (χ1v) is 6.04. The molecule has 0 unspecified atom stereocenters. The zero-order valence-electron chi connectivity index (χ0n) is 10.2. The number of isocyanates is 1. The fourth-order valence-electron chi connectivity index (χ4n) is 2.65. The summed E-state index contributed by atoms with van der Waals surface area (Å²) in [6, 6.07) is 6.02. The van der Waals surface area contributed by atoms with Crippen LogP contribution in [0.15, 0.2) is 29.4 Å². The van der Waals surface area contributed by atoms with Gasteiger partial charge in [-0.3, -0.25) is 0 Å². The molecule has 1 aliphatic rings. The minimum atomic E-state index is -0.424. The third-order valence-electron chi connectivity index (χ3n) is 3.82. The molecule has 0 amide bonds. The molecule has 0 bridgehead atoms. The summed E-state index contributed by atoms with van der Waals surface area (Å²) in [6.45, 7) is 0. The molecule has 4 nitrogen and oxygen atoms in total. The summed E-state index contributed by atoms with van der Waals surface area (Å²) in [6.07, 6.45) is 6.44. The molecule has 3 rings (SSSR count). The summed E-state index contributed by atoms with van der Waals surface area (Å²) in [5.74, 6) is 0.792. The van der Waals surface area contributed by atoms with Gasteiger partial charge < -0.3 is 9.72 Å². The number of methoxy groups -OCH3 is 1. The summed E-state index contributed by atoms with van der Waals surface area (Å²) in [5.41, 5.74) is 1.60. The first kappa shape index (κ1) is 11.1. The molecule has 1 aliphatic carbocycles. The van der Waals surface area contributed by atoms with Crippen molar-refractivity contribution in [2.45, 2.75) is 24.8 Å². The molecule has 1 N–H and O–H groups in total. The van der Waals surface area contributed by atoms with E-state index in [4.69, 9.17) is 4.74 Å². The van der Waals surface area contributed by atoms with E-state index in [-0.39, 0.29) is 0 Å². The Morgan fingerprint density at radius 1 is 1.44 bits per heavy atom. The number of rotatable bonds is 3. The van der Waals surface area contributed by atoms with Crippen molar-refractivity contribution in [1.82, 2.24) is 4.98 Å². The second-order valence-corrected chi connectivity index (χ2v) is 4.71. The van der Waals surface area contributed by atoms with E-state index in [1.54, 1.807) is 13.2 Å². The van der Waals surface area contributed by atoms with Crippen molar-refractivity contribution in [3.05, 3.63) is 30.0 Å². The van der Waals surface area contributed by atoms with E-state index < -0.39 is 5.54 Å². The molecule has 1 aromatic carbocycles. The second kappa shape index (κ2) is 4.00. The highest BCUT2D eigenvalue weighted by Crippen LogP contribution is 2.48. The van der Waals surface area contributed by atoms with Crippen LogP contribution in [-0.4, -0.2) is 18.2 Å². The van der Waals surface area contributed by atoms with Crippen molar-refractivity contribution in [3.63, 3.8) is 0 Å². The molecule has 18 heavy (non-hydrogen) atoms. The Bertz CT molecular complexity index is 634. The van der Waals surface area contributed by atoms with E-state index in [0.717, 1.165) is 41.5 Å². The molecular weight excluding hydrogens is 228 g/mol. The molecule has 1 fully saturated rings. The first-order chi connectivity index (χ1) is 8.79. The molecule has 2 aromatic rings. The monoisotopic (exact) mass is 242 g/mol. The van der Waals surface area contributed by atoms with Crippen molar-refractivity contribution in [2.75, 3.05) is 7.11 Å². The van der Waals surface area contributed by atoms with Crippen molar-refractivity contribution in [2.24, 2.45) is 4.99 Å². The van der Waals surface area contributed by atoms with Crippen LogP contribution < -0.4 is 4.74 Å². The molecule has 0 spiro atoms. The Balaban J connectivity index is 2.22. The van der Waals surface area contributed by atoms with Gasteiger partial charge in [0.2, 0.25) is 6.08 Å². The lowest BCUT2D eigenvalue weighted by Crippen LogP contribution is -2.32. The second-order valence-electron chi connectivity index (χ2n) is 4.71. The van der Waals surface area contributed by atoms with Crippen molar-refractivity contribution >= 4 is 17.0 Å². The predicted molar refractivity (Wildman–Crippen MR) is 68.5 cm³/mol. The van der Waals surface area contributed by atoms with Crippen molar-refractivity contribution in [1.29, 1.82) is 0 Å². The Morgan fingerprint density at radius 3 is 2.89 bits per heavy atom. The van der Waals surface area contributed by atoms with Gasteiger partial charge in [0.25, 0.3) is 0 Å². The molecular formula is C14H14N2O2. The number of nitrogens with zero attached hydrogens (tertiary/aromatic N) is 1. The zero-order valence-corrected chi connectivity index (χ0v) is 10.2. The lowest BCUT2D eigenvalue weighted by molar-refractivity contribution is 0.246. The van der Waals surface area contributed by atoms with Crippen LogP contribution in [0.3, 0.4) is 0 Å². The standard InChI is InChI=1S/C14H14N2O2/c1-18-13-7-10-3-6-15-12(10)8-11(13)14(16-9-17)4-2-5-14/h3,6-8,15H,2,4-5H2,1H3. The first-order valence-electron chi connectivity index (χ1n) is 6.04. The van der Waals surface area contributed by atoms with Gasteiger partial charge in [0.1, 0.15) is 11.3 Å². The highest BCUT2D eigenvalue weighted by molar-refractivity contribution is 5.82. The van der Waals surface area contributed by atoms with E-state index in [2.05, 4.69) is 9.98 Å².